The van der Waals surface area contributed by atoms with Crippen molar-refractivity contribution in [3.63, 3.8) is 0 Å². The Balaban J connectivity index is 0.000000188. The fraction of sp³-hybridized carbons (Fsp3) is 0.0714. The van der Waals surface area contributed by atoms with Gasteiger partial charge >= 0.3 is 0 Å². The Morgan fingerprint density at radius 3 is 1.19 bits per heavy atom. The molecule has 0 aliphatic carbocycles. The Morgan fingerprint density at radius 2 is 0.854 bits per heavy atom. The summed E-state index contributed by atoms with van der Waals surface area (Å²) >= 11 is 6.58. The molecule has 48 heavy (non-hydrogen) atoms. The van der Waals surface area contributed by atoms with E-state index in [4.69, 9.17) is 0 Å². The summed E-state index contributed by atoms with van der Waals surface area (Å²) in [6.07, 6.45) is 1.94. The van der Waals surface area contributed by atoms with E-state index in [1.807, 2.05) is 0 Å². The Kier molecular flexibility index (Phi) is 9.79. The molecule has 2 aromatic heterocycles. The van der Waals surface area contributed by atoms with E-state index in [0.29, 0.717) is 42.4 Å². The van der Waals surface area contributed by atoms with Crippen LogP contribution in [-0.4, -0.2) is 66.6 Å². The van der Waals surface area contributed by atoms with Gasteiger partial charge < -0.3 is 0 Å². The normalized spacial score (nSPS) is 12.4. The molecule has 0 saturated heterocycles. The summed E-state index contributed by atoms with van der Waals surface area (Å²) in [5, 5.41) is 14.9. The number of nitrogens with one attached hydrogen (secondary N) is 4. The van der Waals surface area contributed by atoms with Crippen molar-refractivity contribution in [3.05, 3.63) is 94.1 Å². The molecule has 4 aromatic carbocycles. The summed E-state index contributed by atoms with van der Waals surface area (Å²) < 4.78 is 104. The van der Waals surface area contributed by atoms with Crippen molar-refractivity contribution in [3.8, 4) is 0 Å². The minimum absolute atomic E-state index is 0.247. The highest BCUT2D eigenvalue weighted by atomic mass is 79.9. The van der Waals surface area contributed by atoms with Gasteiger partial charge in [-0.3, -0.25) is 19.6 Å². The molecule has 20 heteroatoms. The lowest BCUT2D eigenvalue weighted by Gasteiger charge is -2.11. The average Bonchev–Trinajstić information content (AvgIpc) is 3.57. The third-order valence-electron chi connectivity index (χ3n) is 6.60. The van der Waals surface area contributed by atoms with E-state index in [1.165, 1.54) is 48.5 Å². The molecule has 2 heterocycles. The number of sulfonamides is 2. The molecule has 252 valence electrons. The zero-order valence-corrected chi connectivity index (χ0v) is 31.1. The van der Waals surface area contributed by atoms with Gasteiger partial charge in [-0.1, -0.05) is 24.3 Å². The summed E-state index contributed by atoms with van der Waals surface area (Å²) in [7, 11) is -15.5. The Hall–Kier alpha value is -3.82. The van der Waals surface area contributed by atoms with Gasteiger partial charge in [-0.2, -0.15) is 10.2 Å². The topological polar surface area (TPSA) is 218 Å². The number of rotatable bonds is 8. The highest BCUT2D eigenvalue weighted by Gasteiger charge is 2.25. The number of H-pyrrole nitrogens is 2. The number of nitrogens with zero attached hydrogens (tertiary/aromatic N) is 2. The van der Waals surface area contributed by atoms with E-state index in [9.17, 15) is 33.7 Å². The number of hydrogen-bond acceptors (Lipinski definition) is 10. The molecular weight excluding hydrogens is 836 g/mol. The molecule has 0 aliphatic heterocycles. The molecule has 0 bridgehead atoms. The first-order valence-electron chi connectivity index (χ1n) is 13.3. The van der Waals surface area contributed by atoms with Crippen LogP contribution in [-0.2, 0) is 39.7 Å². The lowest BCUT2D eigenvalue weighted by Crippen LogP contribution is -2.16. The van der Waals surface area contributed by atoms with Crippen molar-refractivity contribution in [2.75, 3.05) is 22.0 Å². The van der Waals surface area contributed by atoms with E-state index < -0.39 is 39.7 Å². The van der Waals surface area contributed by atoms with Gasteiger partial charge in [-0.05, 0) is 92.5 Å². The summed E-state index contributed by atoms with van der Waals surface area (Å²) in [6, 6.07) is 20.5. The van der Waals surface area contributed by atoms with Crippen LogP contribution in [0.25, 0.3) is 21.8 Å². The van der Waals surface area contributed by atoms with Crippen LogP contribution in [0.1, 0.15) is 0 Å². The number of halogens is 2. The monoisotopic (exact) mass is 858 g/mol. The molecule has 0 aliphatic rings. The van der Waals surface area contributed by atoms with Crippen molar-refractivity contribution in [2.45, 2.75) is 19.6 Å². The van der Waals surface area contributed by atoms with Gasteiger partial charge in [-0.25, -0.2) is 33.7 Å². The summed E-state index contributed by atoms with van der Waals surface area (Å²) in [5.41, 5.74) is 1.93. The first-order valence-corrected chi connectivity index (χ1v) is 21.6. The lowest BCUT2D eigenvalue weighted by molar-refractivity contribution is 0.588. The molecule has 0 amide bonds. The van der Waals surface area contributed by atoms with E-state index in [0.717, 1.165) is 12.5 Å². The summed E-state index contributed by atoms with van der Waals surface area (Å²) in [5.74, 6) is 0. The van der Waals surface area contributed by atoms with E-state index >= 15 is 0 Å². The second-order valence-corrected chi connectivity index (χ2v) is 19.0. The summed E-state index contributed by atoms with van der Waals surface area (Å²) in [6.45, 7) is 0. The van der Waals surface area contributed by atoms with E-state index in [2.05, 4.69) is 61.7 Å². The van der Waals surface area contributed by atoms with Crippen LogP contribution in [0.3, 0.4) is 0 Å². The second-order valence-electron chi connectivity index (χ2n) is 10.2. The van der Waals surface area contributed by atoms with E-state index in [1.54, 1.807) is 36.4 Å². The lowest BCUT2D eigenvalue weighted by atomic mass is 10.2. The SMILES string of the molecule is CS(=O)(=O)c1ccccc1S(=O)(=O)Nc1ccc2n[nH]c(Br)c2c1.CS(=O)(=O)c1ccccc1S(=O)(=O)Nc1ccc2n[nH]c(Br)c2c1. The molecular formula is C28H24Br2N6O8S4. The Morgan fingerprint density at radius 1 is 0.521 bits per heavy atom. The average molecular weight is 861 g/mol. The first kappa shape index (κ1) is 35.5. The molecule has 6 rings (SSSR count). The van der Waals surface area contributed by atoms with Crippen LogP contribution in [0.5, 0.6) is 0 Å². The van der Waals surface area contributed by atoms with Crippen LogP contribution < -0.4 is 9.44 Å². The predicted octanol–water partition coefficient (Wildman–Crippen LogP) is 5.06. The van der Waals surface area contributed by atoms with Crippen molar-refractivity contribution < 1.29 is 33.7 Å². The number of sulfone groups is 2. The third kappa shape index (κ3) is 7.73. The van der Waals surface area contributed by atoms with Crippen molar-refractivity contribution >= 4 is 105 Å². The molecule has 0 radical (unpaired) electrons. The standard InChI is InChI=1S/2C14H12BrN3O4S2/c2*1-23(19,20)12-4-2-3-5-13(12)24(21,22)18-9-6-7-11-10(8-9)14(15)17-16-11/h2*2-8,18H,1H3,(H,16,17). The minimum atomic E-state index is -4.07. The number of hydrogen-bond donors (Lipinski definition) is 4. The maximum atomic E-state index is 12.6. The number of aromatic nitrogens is 4. The number of fused-ring (bicyclic) bond motifs is 2. The molecule has 0 saturated carbocycles. The zero-order valence-electron chi connectivity index (χ0n) is 24.6. The Bertz CT molecular complexity index is 2460. The third-order valence-corrected chi connectivity index (χ3v) is 13.3. The fourth-order valence-corrected chi connectivity index (χ4v) is 10.6. The molecule has 0 unspecified atom stereocenters. The maximum Gasteiger partial charge on any atom is 0.263 e. The van der Waals surface area contributed by atoms with Crippen LogP contribution in [0.15, 0.2) is 114 Å². The van der Waals surface area contributed by atoms with Gasteiger partial charge in [0.25, 0.3) is 20.0 Å². The maximum absolute atomic E-state index is 12.6. The van der Waals surface area contributed by atoms with E-state index in [-0.39, 0.29) is 19.6 Å². The number of benzene rings is 4. The van der Waals surface area contributed by atoms with Gasteiger partial charge in [0.05, 0.1) is 20.8 Å². The van der Waals surface area contributed by atoms with Crippen LogP contribution in [0.2, 0.25) is 0 Å². The highest BCUT2D eigenvalue weighted by Crippen LogP contribution is 2.29. The predicted molar refractivity (Wildman–Crippen MR) is 188 cm³/mol. The molecule has 6 aromatic rings. The summed E-state index contributed by atoms with van der Waals surface area (Å²) in [4.78, 5) is -1.08. The molecule has 14 nitrogen and oxygen atoms in total. The van der Waals surface area contributed by atoms with Crippen molar-refractivity contribution in [1.29, 1.82) is 0 Å². The smallest absolute Gasteiger partial charge is 0.263 e. The molecule has 0 spiro atoms. The van der Waals surface area contributed by atoms with Crippen LogP contribution >= 0.6 is 31.9 Å². The highest BCUT2D eigenvalue weighted by molar-refractivity contribution is 9.10. The largest absolute Gasteiger partial charge is 0.280 e. The van der Waals surface area contributed by atoms with Gasteiger partial charge in [0.15, 0.2) is 19.7 Å². The van der Waals surface area contributed by atoms with Crippen molar-refractivity contribution in [2.24, 2.45) is 0 Å². The quantitative estimate of drug-likeness (QED) is 0.160. The van der Waals surface area contributed by atoms with Crippen LogP contribution in [0, 0.1) is 0 Å². The van der Waals surface area contributed by atoms with Crippen LogP contribution in [0.4, 0.5) is 11.4 Å². The van der Waals surface area contributed by atoms with Gasteiger partial charge in [0, 0.05) is 34.7 Å². The molecule has 0 atom stereocenters. The molecule has 4 N–H and O–H groups in total. The first-order chi connectivity index (χ1) is 22.4. The molecule has 0 fully saturated rings. The van der Waals surface area contributed by atoms with Gasteiger partial charge in [0.2, 0.25) is 0 Å². The van der Waals surface area contributed by atoms with Gasteiger partial charge in [-0.15, -0.1) is 0 Å². The fourth-order valence-electron chi connectivity index (χ4n) is 4.46. The zero-order chi connectivity index (χ0) is 35.1. The number of anilines is 2. The van der Waals surface area contributed by atoms with Gasteiger partial charge in [0.1, 0.15) is 19.0 Å². The Labute approximate surface area is 292 Å². The number of aromatic amines is 2. The minimum Gasteiger partial charge on any atom is -0.280 e. The second kappa shape index (κ2) is 13.2. The van der Waals surface area contributed by atoms with Crippen molar-refractivity contribution in [1.82, 2.24) is 20.4 Å².